The number of allylic oxidation sites excluding steroid dienone is 20. The van der Waals surface area contributed by atoms with Crippen LogP contribution in [-0.4, -0.2) is 54.9 Å². The number of nitrogens with one attached hydrogen (secondary N) is 1. The van der Waals surface area contributed by atoms with Crippen molar-refractivity contribution < 1.29 is 146 Å². The number of nitrogens with two attached hydrogens (primary N) is 3. The second kappa shape index (κ2) is 52.6. The standard InChI is InChI=1S/C22H32N4O3S2.C20H29ClO.C2H4N4O2S2.CH2O3.2K.H/c1-2-3-4-5-6-7-8-9-10-11-12-13-14-15-16-17-18-19-20(27)24-21-25-26-22(30-21)31(23,28)29;1-2-3-4-5-6-7-8-9-10-11-12-13-14-15-16-17-18-19-20(21)22;3-1-5-6-2(9-1)10(4,7)8;2-1-4-3;;;/h3-4,6-7,9-10,12-13,15-16H,2,5,8,11,14,17-19H2,1H3,(H2,23,28,29)(H,24,25,27);3-4,6-7,9-10,12-13,15-16H,2,5,8,11,14,17-19H2,1H3;(H2,3,5)(H2,4,7,8);1,3H;;;/q;;;;2*+1;-1/p-1/b2*4-3-,7-6-,10-9-,13-12-,16-15-;;;;;. The maximum atomic E-state index is 11.8. The number of amides is 1. The third kappa shape index (κ3) is 53.9. The van der Waals surface area contributed by atoms with Gasteiger partial charge in [-0.15, -0.1) is 20.4 Å². The average Bonchev–Trinajstić information content (AvgIpc) is 3.96. The van der Waals surface area contributed by atoms with E-state index in [1.165, 1.54) is 0 Å². The van der Waals surface area contributed by atoms with Gasteiger partial charge in [0.1, 0.15) is 0 Å². The van der Waals surface area contributed by atoms with Crippen molar-refractivity contribution in [1.82, 2.24) is 20.4 Å². The number of sulfonamides is 2. The molecule has 2 heterocycles. The maximum absolute atomic E-state index is 11.8. The van der Waals surface area contributed by atoms with Gasteiger partial charge in [0.05, 0.1) is 0 Å². The van der Waals surface area contributed by atoms with Crippen LogP contribution < -0.4 is 129 Å². The Morgan fingerprint density at radius 1 is 0.594 bits per heavy atom. The largest absolute Gasteiger partial charge is 1.00 e. The van der Waals surface area contributed by atoms with Crippen LogP contribution in [0.25, 0.3) is 0 Å². The van der Waals surface area contributed by atoms with Crippen LogP contribution >= 0.6 is 34.3 Å². The summed E-state index contributed by atoms with van der Waals surface area (Å²) in [6.07, 6.45) is 57.2. The van der Waals surface area contributed by atoms with Gasteiger partial charge < -0.3 is 22.6 Å². The molecule has 0 aliphatic rings. The molecule has 1 amide bonds. The van der Waals surface area contributed by atoms with Gasteiger partial charge in [-0.25, -0.2) is 27.1 Å². The molecule has 0 saturated carbocycles. The van der Waals surface area contributed by atoms with E-state index in [1.54, 1.807) is 0 Å². The Labute approximate surface area is 509 Å². The molecule has 0 radical (unpaired) electrons. The van der Waals surface area contributed by atoms with E-state index < -0.39 is 20.0 Å². The van der Waals surface area contributed by atoms with Crippen LogP contribution in [-0.2, 0) is 39.3 Å². The number of hydrogen-bond donors (Lipinski definition) is 4. The topological polar surface area (TPSA) is 293 Å². The van der Waals surface area contributed by atoms with Crippen molar-refractivity contribution in [3.63, 3.8) is 0 Å². The molecule has 0 aromatic carbocycles. The van der Waals surface area contributed by atoms with E-state index >= 15 is 0 Å². The summed E-state index contributed by atoms with van der Waals surface area (Å²) < 4.78 is 42.6. The minimum Gasteiger partial charge on any atom is -1.00 e. The molecule has 0 fully saturated rings. The van der Waals surface area contributed by atoms with Gasteiger partial charge in [0.15, 0.2) is 0 Å². The van der Waals surface area contributed by atoms with E-state index in [1.807, 2.05) is 0 Å². The molecule has 0 bridgehead atoms. The number of hydrogen-bond acceptors (Lipinski definition) is 16. The van der Waals surface area contributed by atoms with Crippen molar-refractivity contribution >= 4 is 82.2 Å². The van der Waals surface area contributed by atoms with E-state index in [-0.39, 0.29) is 141 Å². The molecule has 0 spiro atoms. The van der Waals surface area contributed by atoms with Crippen LogP contribution in [0.1, 0.15) is 118 Å². The third-order valence-electron chi connectivity index (χ3n) is 7.44. The number of nitrogen functional groups attached to an aromatic ring is 1. The molecular formula is C45H67ClK2N8O9S4. The van der Waals surface area contributed by atoms with E-state index in [9.17, 15) is 26.4 Å². The summed E-state index contributed by atoms with van der Waals surface area (Å²) in [5.74, 6) is -0.232. The van der Waals surface area contributed by atoms with Crippen LogP contribution in [0.5, 0.6) is 0 Å². The van der Waals surface area contributed by atoms with E-state index in [0.29, 0.717) is 19.3 Å². The average molecular weight is 1110 g/mol. The molecule has 2 rings (SSSR count). The Morgan fingerprint density at radius 3 is 1.19 bits per heavy atom. The maximum Gasteiger partial charge on any atom is 1.00 e. The van der Waals surface area contributed by atoms with Crippen molar-refractivity contribution in [1.29, 1.82) is 0 Å². The first-order valence-electron chi connectivity index (χ1n) is 21.3. The molecular weight excluding hydrogens is 1040 g/mol. The summed E-state index contributed by atoms with van der Waals surface area (Å²) in [6.45, 7) is 4.10. The zero-order chi connectivity index (χ0) is 50.3. The molecule has 2 aromatic rings. The fraction of sp³-hybridized carbons (Fsp3) is 0.400. The Morgan fingerprint density at radius 2 is 0.913 bits per heavy atom. The Balaban J connectivity index is -0.000000313. The fourth-order valence-electron chi connectivity index (χ4n) is 4.37. The molecule has 17 nitrogen and oxygen atoms in total. The van der Waals surface area contributed by atoms with Crippen LogP contribution in [0.3, 0.4) is 0 Å². The Kier molecular flexibility index (Phi) is 56.3. The van der Waals surface area contributed by atoms with Crippen LogP contribution in [0.4, 0.5) is 10.3 Å². The molecule has 0 atom stereocenters. The minimum atomic E-state index is -3.89. The van der Waals surface area contributed by atoms with Gasteiger partial charge in [-0.3, -0.25) is 14.4 Å². The molecule has 374 valence electrons. The SMILES string of the molecule is CC/C=C\C/C=C\C/C=C\C/C=C\C/C=C\CCCC(=O)Cl.CC/C=C\C/C=C\C/C=C\C/C=C\C/C=C\CCCC(=O)Nc1nnc(S(N)(=O)=O)s1.Nc1nnc(S(N)(=O)=O)s1.O=CO[O-].[H-].[K+].[K+]. The first-order chi connectivity index (χ1) is 32.1. The summed E-state index contributed by atoms with van der Waals surface area (Å²) in [7, 11) is -7.61. The van der Waals surface area contributed by atoms with Crippen LogP contribution in [0.2, 0.25) is 0 Å². The minimum absolute atomic E-state index is 0. The number of unbranched alkanes of at least 4 members (excludes halogenated alkanes) is 2. The quantitative estimate of drug-likeness (QED) is 0.0128. The van der Waals surface area contributed by atoms with E-state index in [0.717, 1.165) is 106 Å². The molecule has 69 heavy (non-hydrogen) atoms. The molecule has 0 unspecified atom stereocenters. The van der Waals surface area contributed by atoms with Crippen molar-refractivity contribution in [3.8, 4) is 0 Å². The van der Waals surface area contributed by atoms with Crippen molar-refractivity contribution in [2.24, 2.45) is 10.3 Å². The number of primary sulfonamides is 2. The number of rotatable bonds is 30. The van der Waals surface area contributed by atoms with Gasteiger partial charge in [0.25, 0.3) is 26.5 Å². The van der Waals surface area contributed by atoms with Gasteiger partial charge in [-0.2, -0.15) is 0 Å². The van der Waals surface area contributed by atoms with Gasteiger partial charge >= 0.3 is 103 Å². The van der Waals surface area contributed by atoms with Gasteiger partial charge in [0, 0.05) is 12.8 Å². The molecule has 0 aliphatic heterocycles. The molecule has 0 saturated heterocycles. The predicted octanol–water partition coefficient (Wildman–Crippen LogP) is 3.04. The zero-order valence-electron chi connectivity index (χ0n) is 41.1. The Bertz CT molecular complexity index is 2180. The predicted molar refractivity (Wildman–Crippen MR) is 271 cm³/mol. The molecule has 2 aromatic heterocycles. The third-order valence-corrected chi connectivity index (χ3v) is 11.8. The molecule has 0 aliphatic carbocycles. The number of nitrogens with zero attached hydrogens (tertiary/aromatic N) is 4. The Hall–Kier alpha value is -1.73. The van der Waals surface area contributed by atoms with Crippen molar-refractivity contribution in [2.75, 3.05) is 11.1 Å². The molecule has 24 heteroatoms. The zero-order valence-corrected chi connectivity index (χ0v) is 50.4. The summed E-state index contributed by atoms with van der Waals surface area (Å²) in [5.41, 5.74) is 5.10. The number of carbonyl (C=O) groups is 3. The second-order valence-corrected chi connectivity index (χ2v) is 19.0. The summed E-state index contributed by atoms with van der Waals surface area (Å²) >= 11 is 6.73. The van der Waals surface area contributed by atoms with Gasteiger partial charge in [-0.1, -0.05) is 158 Å². The van der Waals surface area contributed by atoms with Crippen molar-refractivity contribution in [3.05, 3.63) is 122 Å². The normalized spacial score (nSPS) is 11.9. The number of halogens is 1. The second-order valence-electron chi connectivity index (χ2n) is 13.2. The number of carbonyl (C=O) groups excluding carboxylic acids is 3. The summed E-state index contributed by atoms with van der Waals surface area (Å²) in [5, 5.41) is 34.1. The van der Waals surface area contributed by atoms with Gasteiger partial charge in [0.2, 0.25) is 30.1 Å². The number of aromatic nitrogens is 4. The van der Waals surface area contributed by atoms with Crippen molar-refractivity contribution in [2.45, 2.75) is 125 Å². The summed E-state index contributed by atoms with van der Waals surface area (Å²) in [4.78, 5) is 33.6. The first kappa shape index (κ1) is 73.8. The van der Waals surface area contributed by atoms with Gasteiger partial charge in [-0.05, 0) is 101 Å². The van der Waals surface area contributed by atoms with E-state index in [2.05, 4.69) is 166 Å². The first-order valence-corrected chi connectivity index (χ1v) is 26.4. The van der Waals surface area contributed by atoms with Crippen LogP contribution in [0, 0.1) is 0 Å². The fourth-order valence-corrected chi connectivity index (χ4v) is 7.07. The van der Waals surface area contributed by atoms with E-state index in [4.69, 9.17) is 37.7 Å². The molecule has 7 N–H and O–H groups in total. The monoisotopic (exact) mass is 1100 g/mol. The summed E-state index contributed by atoms with van der Waals surface area (Å²) in [6, 6.07) is 0. The number of anilines is 2. The van der Waals surface area contributed by atoms with Crippen LogP contribution in [0.15, 0.2) is 130 Å². The smallest absolute Gasteiger partial charge is 1.00 e.